The quantitative estimate of drug-likeness (QED) is 0.813. The fourth-order valence-electron chi connectivity index (χ4n) is 2.29. The molecule has 0 aliphatic heterocycles. The summed E-state index contributed by atoms with van der Waals surface area (Å²) in [7, 11) is 3.42. The van der Waals surface area contributed by atoms with Crippen molar-refractivity contribution in [1.29, 1.82) is 0 Å². The highest BCUT2D eigenvalue weighted by Gasteiger charge is 2.26. The molecule has 0 spiro atoms. The summed E-state index contributed by atoms with van der Waals surface area (Å²) >= 11 is 0. The zero-order valence-corrected chi connectivity index (χ0v) is 14.6. The van der Waals surface area contributed by atoms with Gasteiger partial charge in [0.05, 0.1) is 6.20 Å². The molecule has 9 heteroatoms. The number of halogens is 4. The van der Waals surface area contributed by atoms with E-state index in [1.165, 1.54) is 0 Å². The number of likely N-dealkylation sites (N-methyl/N-ethyl adjacent to an activating group) is 1. The summed E-state index contributed by atoms with van der Waals surface area (Å²) in [5.74, 6) is -0.270. The number of carbonyl (C=O) groups excluding carboxylic acids is 1. The second kappa shape index (κ2) is 8.87. The minimum absolute atomic E-state index is 0. The Morgan fingerprint density at radius 2 is 1.92 bits per heavy atom. The standard InChI is InChI=1S/C16H19F3N4O.ClH/c1-20-14(12-9-21-23(2)10-12)15(24)22-13-5-3-11(4-6-13)7-8-16(17,18)19;/h3-6,9-10,14,20H,7-8H2,1-2H3,(H,22,24);1H. The lowest BCUT2D eigenvalue weighted by Crippen LogP contribution is -2.30. The lowest BCUT2D eigenvalue weighted by atomic mass is 10.1. The Morgan fingerprint density at radius 1 is 1.28 bits per heavy atom. The van der Waals surface area contributed by atoms with Gasteiger partial charge in [-0.25, -0.2) is 0 Å². The maximum Gasteiger partial charge on any atom is 0.389 e. The molecule has 2 rings (SSSR count). The minimum Gasteiger partial charge on any atom is -0.324 e. The molecule has 0 saturated carbocycles. The first-order valence-electron chi connectivity index (χ1n) is 7.41. The summed E-state index contributed by atoms with van der Waals surface area (Å²) in [4.78, 5) is 12.3. The van der Waals surface area contributed by atoms with Crippen LogP contribution in [0.2, 0.25) is 0 Å². The van der Waals surface area contributed by atoms with Crippen LogP contribution >= 0.6 is 12.4 Å². The molecule has 0 aliphatic carbocycles. The van der Waals surface area contributed by atoms with Gasteiger partial charge in [0.25, 0.3) is 0 Å². The van der Waals surface area contributed by atoms with Gasteiger partial charge >= 0.3 is 6.18 Å². The normalized spacial score (nSPS) is 12.4. The van der Waals surface area contributed by atoms with E-state index in [1.54, 1.807) is 55.4 Å². The molecular weight excluding hydrogens is 357 g/mol. The van der Waals surface area contributed by atoms with Gasteiger partial charge in [0.2, 0.25) is 5.91 Å². The Kier molecular flexibility index (Phi) is 7.44. The van der Waals surface area contributed by atoms with Crippen molar-refractivity contribution in [2.45, 2.75) is 25.1 Å². The van der Waals surface area contributed by atoms with E-state index in [-0.39, 0.29) is 24.7 Å². The summed E-state index contributed by atoms with van der Waals surface area (Å²) in [6.07, 6.45) is -1.77. The van der Waals surface area contributed by atoms with Crippen LogP contribution in [0, 0.1) is 0 Å². The van der Waals surface area contributed by atoms with Crippen molar-refractivity contribution in [1.82, 2.24) is 15.1 Å². The highest BCUT2D eigenvalue weighted by atomic mass is 35.5. The van der Waals surface area contributed by atoms with E-state index in [0.717, 1.165) is 5.56 Å². The Balaban J connectivity index is 0.00000312. The molecule has 1 heterocycles. The van der Waals surface area contributed by atoms with Crippen molar-refractivity contribution in [2.24, 2.45) is 7.05 Å². The number of amides is 1. The first kappa shape index (κ1) is 21.0. The third-order valence-electron chi connectivity index (χ3n) is 3.53. The van der Waals surface area contributed by atoms with Gasteiger partial charge in [0, 0.05) is 30.9 Å². The molecule has 25 heavy (non-hydrogen) atoms. The van der Waals surface area contributed by atoms with Crippen LogP contribution < -0.4 is 10.6 Å². The van der Waals surface area contributed by atoms with E-state index >= 15 is 0 Å². The molecule has 2 N–H and O–H groups in total. The van der Waals surface area contributed by atoms with Gasteiger partial charge in [-0.05, 0) is 31.2 Å². The number of aromatic nitrogens is 2. The highest BCUT2D eigenvalue weighted by Crippen LogP contribution is 2.23. The van der Waals surface area contributed by atoms with E-state index in [1.807, 2.05) is 0 Å². The summed E-state index contributed by atoms with van der Waals surface area (Å²) in [6, 6.07) is 5.79. The third-order valence-corrected chi connectivity index (χ3v) is 3.53. The summed E-state index contributed by atoms with van der Waals surface area (Å²) in [5, 5.41) is 9.68. The van der Waals surface area contributed by atoms with Crippen molar-refractivity contribution < 1.29 is 18.0 Å². The molecule has 1 atom stereocenters. The number of nitrogens with one attached hydrogen (secondary N) is 2. The van der Waals surface area contributed by atoms with E-state index in [2.05, 4.69) is 15.7 Å². The van der Waals surface area contributed by atoms with Crippen molar-refractivity contribution in [3.05, 3.63) is 47.8 Å². The maximum absolute atomic E-state index is 12.3. The number of benzene rings is 1. The molecular formula is C16H20ClF3N4O. The van der Waals surface area contributed by atoms with Gasteiger partial charge in [0.1, 0.15) is 6.04 Å². The fraction of sp³-hybridized carbons (Fsp3) is 0.375. The first-order chi connectivity index (χ1) is 11.3. The van der Waals surface area contributed by atoms with Gasteiger partial charge in [-0.1, -0.05) is 12.1 Å². The average molecular weight is 377 g/mol. The Hall–Kier alpha value is -2.06. The Labute approximate surface area is 150 Å². The molecule has 1 aromatic heterocycles. The summed E-state index contributed by atoms with van der Waals surface area (Å²) in [6.45, 7) is 0. The molecule has 0 fully saturated rings. The third kappa shape index (κ3) is 6.39. The smallest absolute Gasteiger partial charge is 0.324 e. The molecule has 0 radical (unpaired) electrons. The van der Waals surface area contributed by atoms with Crippen LogP contribution in [-0.4, -0.2) is 28.9 Å². The zero-order chi connectivity index (χ0) is 17.7. The molecule has 1 amide bonds. The Morgan fingerprint density at radius 3 is 2.40 bits per heavy atom. The maximum atomic E-state index is 12.3. The number of hydrogen-bond acceptors (Lipinski definition) is 3. The number of aryl methyl sites for hydroxylation is 2. The SMILES string of the molecule is CNC(C(=O)Nc1ccc(CCC(F)(F)F)cc1)c1cnn(C)c1.Cl. The van der Waals surface area contributed by atoms with Crippen molar-refractivity contribution in [3.8, 4) is 0 Å². The van der Waals surface area contributed by atoms with Crippen LogP contribution in [0.1, 0.15) is 23.6 Å². The van der Waals surface area contributed by atoms with Crippen LogP contribution in [0.5, 0.6) is 0 Å². The number of alkyl halides is 3. The molecule has 0 bridgehead atoms. The number of anilines is 1. The molecule has 2 aromatic rings. The number of rotatable bonds is 6. The summed E-state index contributed by atoms with van der Waals surface area (Å²) in [5.41, 5.74) is 1.82. The van der Waals surface area contributed by atoms with Crippen LogP contribution in [0.3, 0.4) is 0 Å². The number of hydrogen-bond donors (Lipinski definition) is 2. The number of nitrogens with zero attached hydrogens (tertiary/aromatic N) is 2. The van der Waals surface area contributed by atoms with Crippen LogP contribution in [-0.2, 0) is 18.3 Å². The first-order valence-corrected chi connectivity index (χ1v) is 7.41. The molecule has 0 aliphatic rings. The fourth-order valence-corrected chi connectivity index (χ4v) is 2.29. The Bertz CT molecular complexity index is 685. The molecule has 1 aromatic carbocycles. The van der Waals surface area contributed by atoms with Crippen molar-refractivity contribution in [3.63, 3.8) is 0 Å². The van der Waals surface area contributed by atoms with Crippen molar-refractivity contribution >= 4 is 24.0 Å². The van der Waals surface area contributed by atoms with Crippen LogP contribution in [0.25, 0.3) is 0 Å². The van der Waals surface area contributed by atoms with E-state index in [4.69, 9.17) is 0 Å². The lowest BCUT2D eigenvalue weighted by Gasteiger charge is -2.15. The molecule has 5 nitrogen and oxygen atoms in total. The van der Waals surface area contributed by atoms with Crippen LogP contribution in [0.15, 0.2) is 36.7 Å². The molecule has 1 unspecified atom stereocenters. The zero-order valence-electron chi connectivity index (χ0n) is 13.8. The predicted molar refractivity (Wildman–Crippen MR) is 91.7 cm³/mol. The van der Waals surface area contributed by atoms with Crippen LogP contribution in [0.4, 0.5) is 18.9 Å². The van der Waals surface area contributed by atoms with Gasteiger partial charge in [-0.3, -0.25) is 9.48 Å². The van der Waals surface area contributed by atoms with E-state index in [0.29, 0.717) is 11.3 Å². The summed E-state index contributed by atoms with van der Waals surface area (Å²) < 4.78 is 38.2. The van der Waals surface area contributed by atoms with Gasteiger partial charge < -0.3 is 10.6 Å². The van der Waals surface area contributed by atoms with Gasteiger partial charge in [-0.15, -0.1) is 12.4 Å². The lowest BCUT2D eigenvalue weighted by molar-refractivity contribution is -0.134. The number of carbonyl (C=O) groups is 1. The largest absolute Gasteiger partial charge is 0.389 e. The van der Waals surface area contributed by atoms with Gasteiger partial charge in [0.15, 0.2) is 0 Å². The monoisotopic (exact) mass is 376 g/mol. The average Bonchev–Trinajstić information content (AvgIpc) is 2.93. The second-order valence-electron chi connectivity index (χ2n) is 5.47. The second-order valence-corrected chi connectivity index (χ2v) is 5.47. The van der Waals surface area contributed by atoms with Gasteiger partial charge in [-0.2, -0.15) is 18.3 Å². The topological polar surface area (TPSA) is 59.0 Å². The minimum atomic E-state index is -4.17. The van der Waals surface area contributed by atoms with E-state index < -0.39 is 18.6 Å². The predicted octanol–water partition coefficient (Wildman–Crippen LogP) is 3.24. The molecule has 0 saturated heterocycles. The van der Waals surface area contributed by atoms with Crippen molar-refractivity contribution in [2.75, 3.05) is 12.4 Å². The van der Waals surface area contributed by atoms with E-state index in [9.17, 15) is 18.0 Å². The molecule has 138 valence electrons. The highest BCUT2D eigenvalue weighted by molar-refractivity contribution is 5.95.